The average Bonchev–Trinajstić information content (AvgIpc) is 2.87. The number of benzene rings is 1. The number of thioether (sulfide) groups is 1. The predicted molar refractivity (Wildman–Crippen MR) is 92.4 cm³/mol. The molecule has 22 heavy (non-hydrogen) atoms. The highest BCUT2D eigenvalue weighted by Crippen LogP contribution is 2.30. The second-order valence-corrected chi connectivity index (χ2v) is 7.02. The number of rotatable bonds is 4. The molecule has 0 aliphatic carbocycles. The lowest BCUT2D eigenvalue weighted by Gasteiger charge is -2.03. The number of carbonyl (C=O) groups excluding carboxylic acids is 1. The Morgan fingerprint density at radius 1 is 1.36 bits per heavy atom. The van der Waals surface area contributed by atoms with Crippen molar-refractivity contribution in [3.63, 3.8) is 0 Å². The maximum atomic E-state index is 12.0. The minimum absolute atomic E-state index is 0.0955. The number of anilines is 2. The normalized spacial score (nSPS) is 10.8. The standard InChI is InChI=1S/C15H14N4OS2/c1-9-4-5-17-13(6-9)19-14(20)8-21-15-18-11-3-2-10(16)7-12(11)22-15/h2-7H,8,16H2,1H3,(H,17,19,20). The van der Waals surface area contributed by atoms with Crippen LogP contribution in [0.25, 0.3) is 10.2 Å². The zero-order chi connectivity index (χ0) is 15.5. The summed E-state index contributed by atoms with van der Waals surface area (Å²) in [7, 11) is 0. The number of nitrogen functional groups attached to an aromatic ring is 1. The molecule has 5 nitrogen and oxygen atoms in total. The van der Waals surface area contributed by atoms with Gasteiger partial charge in [-0.2, -0.15) is 0 Å². The number of thiazole rings is 1. The van der Waals surface area contributed by atoms with Gasteiger partial charge in [-0.25, -0.2) is 9.97 Å². The van der Waals surface area contributed by atoms with Crippen molar-refractivity contribution in [2.75, 3.05) is 16.8 Å². The first-order chi connectivity index (χ1) is 10.6. The van der Waals surface area contributed by atoms with Crippen LogP contribution in [0.2, 0.25) is 0 Å². The van der Waals surface area contributed by atoms with E-state index in [0.717, 1.165) is 25.8 Å². The van der Waals surface area contributed by atoms with Gasteiger partial charge >= 0.3 is 0 Å². The van der Waals surface area contributed by atoms with Crippen molar-refractivity contribution in [1.29, 1.82) is 0 Å². The van der Waals surface area contributed by atoms with Gasteiger partial charge < -0.3 is 11.1 Å². The van der Waals surface area contributed by atoms with E-state index in [1.165, 1.54) is 23.1 Å². The lowest BCUT2D eigenvalue weighted by atomic mass is 10.3. The van der Waals surface area contributed by atoms with Crippen LogP contribution >= 0.6 is 23.1 Å². The number of nitrogens with zero attached hydrogens (tertiary/aromatic N) is 2. The van der Waals surface area contributed by atoms with Crippen LogP contribution in [0.5, 0.6) is 0 Å². The Morgan fingerprint density at radius 2 is 2.23 bits per heavy atom. The first-order valence-electron chi connectivity index (χ1n) is 6.61. The van der Waals surface area contributed by atoms with E-state index in [1.807, 2.05) is 37.3 Å². The van der Waals surface area contributed by atoms with Crippen LogP contribution in [0.15, 0.2) is 40.9 Å². The molecule has 0 aliphatic heterocycles. The number of pyridine rings is 1. The minimum Gasteiger partial charge on any atom is -0.399 e. The highest BCUT2D eigenvalue weighted by molar-refractivity contribution is 8.01. The molecule has 1 aromatic carbocycles. The van der Waals surface area contributed by atoms with Crippen molar-refractivity contribution in [3.8, 4) is 0 Å². The summed E-state index contributed by atoms with van der Waals surface area (Å²) < 4.78 is 1.89. The lowest BCUT2D eigenvalue weighted by Crippen LogP contribution is -2.14. The molecule has 3 rings (SSSR count). The van der Waals surface area contributed by atoms with Crippen LogP contribution in [-0.2, 0) is 4.79 Å². The molecule has 3 N–H and O–H groups in total. The van der Waals surface area contributed by atoms with Crippen LogP contribution < -0.4 is 11.1 Å². The molecule has 0 saturated heterocycles. The van der Waals surface area contributed by atoms with Gasteiger partial charge in [-0.15, -0.1) is 11.3 Å². The molecule has 0 aliphatic rings. The maximum absolute atomic E-state index is 12.0. The number of hydrogen-bond acceptors (Lipinski definition) is 6. The summed E-state index contributed by atoms with van der Waals surface area (Å²) in [5.41, 5.74) is 8.44. The molecule has 0 radical (unpaired) electrons. The van der Waals surface area contributed by atoms with Crippen LogP contribution in [-0.4, -0.2) is 21.6 Å². The van der Waals surface area contributed by atoms with Gasteiger partial charge in [-0.1, -0.05) is 11.8 Å². The Kier molecular flexibility index (Phi) is 4.26. The average molecular weight is 330 g/mol. The highest BCUT2D eigenvalue weighted by Gasteiger charge is 2.09. The third-order valence-corrected chi connectivity index (χ3v) is 5.06. The van der Waals surface area contributed by atoms with Gasteiger partial charge in [0.25, 0.3) is 0 Å². The molecule has 0 fully saturated rings. The van der Waals surface area contributed by atoms with Gasteiger partial charge in [0.05, 0.1) is 16.0 Å². The van der Waals surface area contributed by atoms with E-state index in [1.54, 1.807) is 6.20 Å². The molecule has 0 unspecified atom stereocenters. The van der Waals surface area contributed by atoms with Gasteiger partial charge in [-0.3, -0.25) is 4.79 Å². The summed E-state index contributed by atoms with van der Waals surface area (Å²) >= 11 is 2.95. The first-order valence-corrected chi connectivity index (χ1v) is 8.42. The molecular formula is C15H14N4OS2. The Morgan fingerprint density at radius 3 is 3.05 bits per heavy atom. The largest absolute Gasteiger partial charge is 0.399 e. The number of nitrogens with one attached hydrogen (secondary N) is 1. The van der Waals surface area contributed by atoms with E-state index in [-0.39, 0.29) is 5.91 Å². The number of aromatic nitrogens is 2. The van der Waals surface area contributed by atoms with Crippen molar-refractivity contribution >= 4 is 50.7 Å². The second kappa shape index (κ2) is 6.33. The molecule has 1 amide bonds. The quantitative estimate of drug-likeness (QED) is 0.566. The van der Waals surface area contributed by atoms with E-state index in [0.29, 0.717) is 11.6 Å². The van der Waals surface area contributed by atoms with Crippen molar-refractivity contribution in [2.24, 2.45) is 0 Å². The van der Waals surface area contributed by atoms with E-state index >= 15 is 0 Å². The van der Waals surface area contributed by atoms with Crippen molar-refractivity contribution in [2.45, 2.75) is 11.3 Å². The number of nitrogens with two attached hydrogens (primary N) is 1. The van der Waals surface area contributed by atoms with E-state index in [9.17, 15) is 4.79 Å². The minimum atomic E-state index is -0.0955. The SMILES string of the molecule is Cc1ccnc(NC(=O)CSc2nc3ccc(N)cc3s2)c1. The lowest BCUT2D eigenvalue weighted by molar-refractivity contribution is -0.113. The molecule has 0 atom stereocenters. The van der Waals surface area contributed by atoms with Crippen LogP contribution in [0.4, 0.5) is 11.5 Å². The summed E-state index contributed by atoms with van der Waals surface area (Å²) in [6.45, 7) is 1.96. The summed E-state index contributed by atoms with van der Waals surface area (Å²) in [5.74, 6) is 0.773. The Bertz CT molecular complexity index is 831. The van der Waals surface area contributed by atoms with Crippen LogP contribution in [0.1, 0.15) is 5.56 Å². The summed E-state index contributed by atoms with van der Waals surface area (Å²) in [4.78, 5) is 20.5. The summed E-state index contributed by atoms with van der Waals surface area (Å²) in [5, 5.41) is 2.78. The number of hydrogen-bond donors (Lipinski definition) is 2. The molecule has 0 spiro atoms. The van der Waals surface area contributed by atoms with Crippen molar-refractivity contribution in [3.05, 3.63) is 42.1 Å². The maximum Gasteiger partial charge on any atom is 0.235 e. The summed E-state index contributed by atoms with van der Waals surface area (Å²) in [6.07, 6.45) is 1.68. The predicted octanol–water partition coefficient (Wildman–Crippen LogP) is 3.31. The van der Waals surface area contributed by atoms with Gasteiger partial charge in [0.15, 0.2) is 4.34 Å². The van der Waals surface area contributed by atoms with Gasteiger partial charge in [0.1, 0.15) is 5.82 Å². The molecule has 2 aromatic heterocycles. The molecule has 2 heterocycles. The van der Waals surface area contributed by atoms with Gasteiger partial charge in [-0.05, 0) is 42.8 Å². The van der Waals surface area contributed by atoms with E-state index in [2.05, 4.69) is 15.3 Å². The monoisotopic (exact) mass is 330 g/mol. The highest BCUT2D eigenvalue weighted by atomic mass is 32.2. The Labute approximate surface area is 136 Å². The zero-order valence-electron chi connectivity index (χ0n) is 11.9. The first kappa shape index (κ1) is 14.8. The van der Waals surface area contributed by atoms with Crippen LogP contribution in [0.3, 0.4) is 0 Å². The van der Waals surface area contributed by atoms with Gasteiger partial charge in [0.2, 0.25) is 5.91 Å². The van der Waals surface area contributed by atoms with Crippen molar-refractivity contribution in [1.82, 2.24) is 9.97 Å². The topological polar surface area (TPSA) is 80.9 Å². The molecular weight excluding hydrogens is 316 g/mol. The number of aryl methyl sites for hydroxylation is 1. The Balaban J connectivity index is 1.62. The second-order valence-electron chi connectivity index (χ2n) is 4.76. The third-order valence-electron chi connectivity index (χ3n) is 2.90. The van der Waals surface area contributed by atoms with Crippen LogP contribution in [0, 0.1) is 6.92 Å². The fraction of sp³-hybridized carbons (Fsp3) is 0.133. The number of carbonyl (C=O) groups is 1. The molecule has 0 saturated carbocycles. The fourth-order valence-electron chi connectivity index (χ4n) is 1.89. The number of amides is 1. The smallest absolute Gasteiger partial charge is 0.235 e. The van der Waals surface area contributed by atoms with E-state index < -0.39 is 0 Å². The molecule has 3 aromatic rings. The molecule has 7 heteroatoms. The zero-order valence-corrected chi connectivity index (χ0v) is 13.5. The molecule has 0 bridgehead atoms. The van der Waals surface area contributed by atoms with E-state index in [4.69, 9.17) is 5.73 Å². The third kappa shape index (κ3) is 3.55. The fourth-order valence-corrected chi connectivity index (χ4v) is 3.81. The van der Waals surface area contributed by atoms with Crippen molar-refractivity contribution < 1.29 is 4.79 Å². The summed E-state index contributed by atoms with van der Waals surface area (Å²) in [6, 6.07) is 9.34. The molecule has 112 valence electrons. The van der Waals surface area contributed by atoms with Gasteiger partial charge in [0, 0.05) is 11.9 Å². The Hall–Kier alpha value is -2.12. The number of fused-ring (bicyclic) bond motifs is 1.